The molecule has 0 amide bonds. The van der Waals surface area contributed by atoms with Crippen molar-refractivity contribution in [2.75, 3.05) is 11.6 Å². The maximum atomic E-state index is 12.6. The zero-order valence-electron chi connectivity index (χ0n) is 15.2. The summed E-state index contributed by atoms with van der Waals surface area (Å²) >= 11 is 1.69. The predicted octanol–water partition coefficient (Wildman–Crippen LogP) is 4.36. The van der Waals surface area contributed by atoms with E-state index in [0.717, 1.165) is 28.1 Å². The molecule has 27 heavy (non-hydrogen) atoms. The van der Waals surface area contributed by atoms with Crippen molar-refractivity contribution in [3.8, 4) is 5.69 Å². The fourth-order valence-electron chi connectivity index (χ4n) is 3.08. The fourth-order valence-corrected chi connectivity index (χ4v) is 3.54. The van der Waals surface area contributed by atoms with Crippen molar-refractivity contribution in [2.24, 2.45) is 0 Å². The highest BCUT2D eigenvalue weighted by molar-refractivity contribution is 7.98. The van der Waals surface area contributed by atoms with Gasteiger partial charge in [0.1, 0.15) is 5.65 Å². The summed E-state index contributed by atoms with van der Waals surface area (Å²) < 4.78 is 1.78. The molecule has 4 aromatic rings. The minimum Gasteiger partial charge on any atom is -0.381 e. The minimum absolute atomic E-state index is 0.104. The smallest absolute Gasteiger partial charge is 0.254 e. The van der Waals surface area contributed by atoms with E-state index in [1.54, 1.807) is 16.4 Å². The number of hydrogen-bond acceptors (Lipinski definition) is 4. The van der Waals surface area contributed by atoms with Crippen molar-refractivity contribution in [1.29, 1.82) is 0 Å². The van der Waals surface area contributed by atoms with E-state index in [9.17, 15) is 4.79 Å². The quantitative estimate of drug-likeness (QED) is 0.508. The Hall–Kier alpha value is -2.99. The average molecular weight is 376 g/mol. The van der Waals surface area contributed by atoms with Crippen LogP contribution in [0.25, 0.3) is 16.7 Å². The van der Waals surface area contributed by atoms with Crippen molar-refractivity contribution < 1.29 is 0 Å². The molecule has 136 valence electrons. The second-order valence-corrected chi connectivity index (χ2v) is 7.18. The van der Waals surface area contributed by atoms with Crippen LogP contribution < -0.4 is 10.9 Å². The van der Waals surface area contributed by atoms with Gasteiger partial charge in [0.15, 0.2) is 0 Å². The van der Waals surface area contributed by atoms with E-state index in [1.165, 1.54) is 4.90 Å². The first-order chi connectivity index (χ1) is 13.2. The molecule has 0 fully saturated rings. The van der Waals surface area contributed by atoms with Crippen molar-refractivity contribution in [3.63, 3.8) is 0 Å². The molecule has 6 heteroatoms. The zero-order chi connectivity index (χ0) is 18.8. The molecule has 2 N–H and O–H groups in total. The number of rotatable bonds is 5. The summed E-state index contributed by atoms with van der Waals surface area (Å²) in [6.07, 6.45) is 2.05. The monoisotopic (exact) mass is 376 g/mol. The SMILES string of the molecule is CSc1cccc(NCc2cc3c(C)nn(-c4ccccc4)c3[nH]c2=O)c1. The summed E-state index contributed by atoms with van der Waals surface area (Å²) in [4.78, 5) is 16.8. The normalized spacial score (nSPS) is 11.0. The van der Waals surface area contributed by atoms with Gasteiger partial charge in [-0.3, -0.25) is 4.79 Å². The van der Waals surface area contributed by atoms with Crippen LogP contribution in [-0.4, -0.2) is 21.0 Å². The van der Waals surface area contributed by atoms with Gasteiger partial charge in [0.25, 0.3) is 5.56 Å². The third kappa shape index (κ3) is 3.48. The second-order valence-electron chi connectivity index (χ2n) is 6.30. The summed E-state index contributed by atoms with van der Waals surface area (Å²) in [7, 11) is 0. The van der Waals surface area contributed by atoms with Crippen molar-refractivity contribution in [2.45, 2.75) is 18.4 Å². The third-order valence-electron chi connectivity index (χ3n) is 4.50. The average Bonchev–Trinajstić information content (AvgIpc) is 3.02. The number of pyridine rings is 1. The molecule has 0 aliphatic carbocycles. The molecule has 0 spiro atoms. The van der Waals surface area contributed by atoms with Gasteiger partial charge in [-0.25, -0.2) is 4.68 Å². The molecule has 0 saturated carbocycles. The van der Waals surface area contributed by atoms with Gasteiger partial charge in [-0.2, -0.15) is 5.10 Å². The van der Waals surface area contributed by atoms with Crippen LogP contribution in [0.15, 0.2) is 70.4 Å². The summed E-state index contributed by atoms with van der Waals surface area (Å²) in [5.74, 6) is 0. The summed E-state index contributed by atoms with van der Waals surface area (Å²) in [5.41, 5.74) is 4.11. The van der Waals surface area contributed by atoms with Gasteiger partial charge in [-0.05, 0) is 49.6 Å². The van der Waals surface area contributed by atoms with E-state index in [1.807, 2.05) is 61.7 Å². The molecule has 0 bridgehead atoms. The van der Waals surface area contributed by atoms with Crippen LogP contribution in [0, 0.1) is 6.92 Å². The van der Waals surface area contributed by atoms with E-state index >= 15 is 0 Å². The minimum atomic E-state index is -0.104. The number of benzene rings is 2. The Labute approximate surface area is 161 Å². The van der Waals surface area contributed by atoms with Crippen LogP contribution in [0.2, 0.25) is 0 Å². The molecule has 2 aromatic heterocycles. The number of aromatic amines is 1. The number of thioether (sulfide) groups is 1. The zero-order valence-corrected chi connectivity index (χ0v) is 16.0. The van der Waals surface area contributed by atoms with Gasteiger partial charge in [-0.15, -0.1) is 11.8 Å². The summed E-state index contributed by atoms with van der Waals surface area (Å²) in [6.45, 7) is 2.41. The standard InChI is InChI=1S/C21H20N4OS/c1-14-19-11-15(13-22-16-7-6-10-18(12-16)27-2)21(26)23-20(19)25(24-14)17-8-4-3-5-9-17/h3-12,22H,13H2,1-2H3,(H,23,26). The number of nitrogens with zero attached hydrogens (tertiary/aromatic N) is 2. The molecule has 0 unspecified atom stereocenters. The molecular formula is C21H20N4OS. The number of aryl methyl sites for hydroxylation is 1. The molecule has 0 saturated heterocycles. The first-order valence-corrected chi connectivity index (χ1v) is 9.93. The third-order valence-corrected chi connectivity index (χ3v) is 5.23. The summed E-state index contributed by atoms with van der Waals surface area (Å²) in [6, 6.07) is 19.9. The Morgan fingerprint density at radius 3 is 2.70 bits per heavy atom. The van der Waals surface area contributed by atoms with E-state index in [4.69, 9.17) is 0 Å². The largest absolute Gasteiger partial charge is 0.381 e. The molecule has 0 aliphatic rings. The van der Waals surface area contributed by atoms with Gasteiger partial charge in [0, 0.05) is 28.1 Å². The molecule has 5 nitrogen and oxygen atoms in total. The highest BCUT2D eigenvalue weighted by Crippen LogP contribution is 2.21. The van der Waals surface area contributed by atoms with Crippen LogP contribution in [0.1, 0.15) is 11.3 Å². The van der Waals surface area contributed by atoms with Gasteiger partial charge < -0.3 is 10.3 Å². The van der Waals surface area contributed by atoms with Crippen LogP contribution in [0.3, 0.4) is 0 Å². The maximum Gasteiger partial charge on any atom is 0.254 e. The molecule has 2 heterocycles. The lowest BCUT2D eigenvalue weighted by molar-refractivity contribution is 0.874. The van der Waals surface area contributed by atoms with Gasteiger partial charge in [-0.1, -0.05) is 24.3 Å². The number of fused-ring (bicyclic) bond motifs is 1. The van der Waals surface area contributed by atoms with Crippen molar-refractivity contribution >= 4 is 28.5 Å². The Kier molecular flexibility index (Phi) is 4.73. The highest BCUT2D eigenvalue weighted by Gasteiger charge is 2.12. The molecule has 4 rings (SSSR count). The molecular weight excluding hydrogens is 356 g/mol. The number of aromatic nitrogens is 3. The first-order valence-electron chi connectivity index (χ1n) is 8.70. The Balaban J connectivity index is 1.68. The molecule has 0 atom stereocenters. The van der Waals surface area contributed by atoms with Crippen LogP contribution in [0.4, 0.5) is 5.69 Å². The van der Waals surface area contributed by atoms with Crippen LogP contribution >= 0.6 is 11.8 Å². The Morgan fingerprint density at radius 2 is 1.93 bits per heavy atom. The van der Waals surface area contributed by atoms with Crippen LogP contribution in [0.5, 0.6) is 0 Å². The van der Waals surface area contributed by atoms with Gasteiger partial charge in [0.2, 0.25) is 0 Å². The number of nitrogens with one attached hydrogen (secondary N) is 2. The molecule has 0 aliphatic heterocycles. The number of anilines is 1. The Bertz CT molecular complexity index is 1150. The second kappa shape index (κ2) is 7.32. The van der Waals surface area contributed by atoms with E-state index in [0.29, 0.717) is 12.1 Å². The van der Waals surface area contributed by atoms with Crippen molar-refractivity contribution in [3.05, 3.63) is 82.3 Å². The van der Waals surface area contributed by atoms with Gasteiger partial charge >= 0.3 is 0 Å². The fraction of sp³-hybridized carbons (Fsp3) is 0.143. The van der Waals surface area contributed by atoms with E-state index < -0.39 is 0 Å². The lowest BCUT2D eigenvalue weighted by Gasteiger charge is -2.08. The molecule has 0 radical (unpaired) electrons. The lowest BCUT2D eigenvalue weighted by atomic mass is 10.2. The first kappa shape index (κ1) is 17.4. The maximum absolute atomic E-state index is 12.6. The summed E-state index contributed by atoms with van der Waals surface area (Å²) in [5, 5.41) is 8.90. The highest BCUT2D eigenvalue weighted by atomic mass is 32.2. The van der Waals surface area contributed by atoms with Crippen molar-refractivity contribution in [1.82, 2.24) is 14.8 Å². The van der Waals surface area contributed by atoms with Crippen LogP contribution in [-0.2, 0) is 6.54 Å². The van der Waals surface area contributed by atoms with E-state index in [-0.39, 0.29) is 5.56 Å². The topological polar surface area (TPSA) is 62.7 Å². The number of hydrogen-bond donors (Lipinski definition) is 2. The van der Waals surface area contributed by atoms with E-state index in [2.05, 4.69) is 27.5 Å². The Morgan fingerprint density at radius 1 is 1.11 bits per heavy atom. The predicted molar refractivity (Wildman–Crippen MR) is 112 cm³/mol. The number of para-hydroxylation sites is 1. The molecule has 2 aromatic carbocycles. The lowest BCUT2D eigenvalue weighted by Crippen LogP contribution is -2.16. The number of H-pyrrole nitrogens is 1. The van der Waals surface area contributed by atoms with Gasteiger partial charge in [0.05, 0.1) is 11.4 Å².